The van der Waals surface area contributed by atoms with Gasteiger partial charge in [0.25, 0.3) is 0 Å². The molecule has 2 aliphatic rings. The predicted octanol–water partition coefficient (Wildman–Crippen LogP) is 6.30. The monoisotopic (exact) mass is 611 g/mol. The van der Waals surface area contributed by atoms with Crippen molar-refractivity contribution in [2.75, 3.05) is 18.4 Å². The lowest BCUT2D eigenvalue weighted by atomic mass is 9.85. The number of carbonyl (C=O) groups is 1. The van der Waals surface area contributed by atoms with E-state index in [1.165, 1.54) is 49.0 Å². The Morgan fingerprint density at radius 3 is 2.51 bits per heavy atom. The lowest BCUT2D eigenvalue weighted by molar-refractivity contribution is -0.126. The molecule has 12 heteroatoms. The van der Waals surface area contributed by atoms with Crippen LogP contribution in [0.3, 0.4) is 0 Å². The number of thiophene rings is 1. The first kappa shape index (κ1) is 30.8. The minimum Gasteiger partial charge on any atom is -0.370 e. The number of anilines is 1. The Bertz CT molecular complexity index is 1640. The molecule has 3 N–H and O–H groups in total. The molecular formula is C31H36F3N7OS. The molecule has 4 aromatic rings. The normalized spacial score (nSPS) is 16.5. The Labute approximate surface area is 252 Å². The van der Waals surface area contributed by atoms with Crippen LogP contribution in [0.1, 0.15) is 60.7 Å². The number of fused-ring (bicyclic) bond motifs is 2. The van der Waals surface area contributed by atoms with Gasteiger partial charge in [-0.1, -0.05) is 12.5 Å². The van der Waals surface area contributed by atoms with E-state index in [0.29, 0.717) is 22.0 Å². The third kappa shape index (κ3) is 7.46. The summed E-state index contributed by atoms with van der Waals surface area (Å²) in [4.78, 5) is 21.0. The van der Waals surface area contributed by atoms with E-state index < -0.39 is 12.6 Å². The van der Waals surface area contributed by atoms with E-state index >= 15 is 0 Å². The number of aromatic nitrogens is 3. The molecular weight excluding hydrogens is 575 g/mol. The zero-order valence-corrected chi connectivity index (χ0v) is 25.2. The number of rotatable bonds is 7. The maximum atomic E-state index is 12.9. The number of piperidine rings is 1. The molecule has 3 aromatic heterocycles. The predicted molar refractivity (Wildman–Crippen MR) is 163 cm³/mol. The van der Waals surface area contributed by atoms with E-state index in [1.54, 1.807) is 6.07 Å². The third-order valence-corrected chi connectivity index (χ3v) is 9.37. The number of benzene rings is 1. The van der Waals surface area contributed by atoms with Gasteiger partial charge in [0.05, 0.1) is 11.8 Å². The van der Waals surface area contributed by atoms with E-state index in [-0.39, 0.29) is 16.8 Å². The SMILES string of the molecule is CC(N)=O.Cc1c(CN2CCC(Nc3ncnc4sc(CC(F)(F)F)cc34)CC2)ccc2c1cc(C#N)n2CC1CCC1. The van der Waals surface area contributed by atoms with E-state index in [2.05, 4.69) is 61.7 Å². The molecule has 1 saturated heterocycles. The quantitative estimate of drug-likeness (QED) is 0.254. The average molecular weight is 612 g/mol. The van der Waals surface area contributed by atoms with Crippen LogP contribution >= 0.6 is 11.3 Å². The lowest BCUT2D eigenvalue weighted by Crippen LogP contribution is -2.39. The molecule has 0 radical (unpaired) electrons. The number of nitrogens with one attached hydrogen (secondary N) is 1. The number of likely N-dealkylation sites (tertiary alicyclic amines) is 1. The van der Waals surface area contributed by atoms with Crippen molar-refractivity contribution in [2.45, 2.75) is 77.7 Å². The molecule has 2 fully saturated rings. The Hall–Kier alpha value is -3.69. The summed E-state index contributed by atoms with van der Waals surface area (Å²) in [7, 11) is 0. The number of nitrogens with two attached hydrogens (primary N) is 1. The van der Waals surface area contributed by atoms with Crippen molar-refractivity contribution < 1.29 is 18.0 Å². The molecule has 1 aliphatic heterocycles. The summed E-state index contributed by atoms with van der Waals surface area (Å²) >= 11 is 1.08. The fourth-order valence-electron chi connectivity index (χ4n) is 5.89. The van der Waals surface area contributed by atoms with Crippen molar-refractivity contribution >= 4 is 44.2 Å². The van der Waals surface area contributed by atoms with Gasteiger partial charge in [0.1, 0.15) is 28.7 Å². The summed E-state index contributed by atoms with van der Waals surface area (Å²) in [6.45, 7) is 7.08. The minimum atomic E-state index is -4.24. The van der Waals surface area contributed by atoms with Crippen molar-refractivity contribution in [3.05, 3.63) is 52.3 Å². The maximum Gasteiger partial charge on any atom is 0.393 e. The van der Waals surface area contributed by atoms with Gasteiger partial charge >= 0.3 is 6.18 Å². The van der Waals surface area contributed by atoms with Crippen LogP contribution in [0.15, 0.2) is 30.6 Å². The van der Waals surface area contributed by atoms with Crippen LogP contribution < -0.4 is 11.1 Å². The van der Waals surface area contributed by atoms with Gasteiger partial charge in [-0.15, -0.1) is 11.3 Å². The van der Waals surface area contributed by atoms with Gasteiger partial charge in [-0.25, -0.2) is 9.97 Å². The largest absolute Gasteiger partial charge is 0.393 e. The highest BCUT2D eigenvalue weighted by atomic mass is 32.1. The first-order valence-corrected chi connectivity index (χ1v) is 15.4. The molecule has 228 valence electrons. The number of primary amides is 1. The van der Waals surface area contributed by atoms with Crippen LogP contribution in [0.25, 0.3) is 21.1 Å². The molecule has 0 bridgehead atoms. The van der Waals surface area contributed by atoms with E-state index in [1.807, 2.05) is 0 Å². The Morgan fingerprint density at radius 1 is 1.16 bits per heavy atom. The van der Waals surface area contributed by atoms with Gasteiger partial charge in [0.15, 0.2) is 0 Å². The first-order chi connectivity index (χ1) is 20.5. The summed E-state index contributed by atoms with van der Waals surface area (Å²) in [5.74, 6) is 0.965. The van der Waals surface area contributed by atoms with Gasteiger partial charge in [-0.3, -0.25) is 9.69 Å². The van der Waals surface area contributed by atoms with Gasteiger partial charge in [-0.05, 0) is 67.9 Å². The third-order valence-electron chi connectivity index (χ3n) is 8.32. The van der Waals surface area contributed by atoms with Crippen LogP contribution in [0.4, 0.5) is 19.0 Å². The molecule has 1 aromatic carbocycles. The number of aryl methyl sites for hydroxylation is 1. The average Bonchev–Trinajstić information content (AvgIpc) is 3.49. The summed E-state index contributed by atoms with van der Waals surface area (Å²) in [6.07, 6.45) is 1.87. The fourth-order valence-corrected chi connectivity index (χ4v) is 6.92. The van der Waals surface area contributed by atoms with Crippen molar-refractivity contribution in [1.29, 1.82) is 5.26 Å². The smallest absolute Gasteiger partial charge is 0.370 e. The second kappa shape index (κ2) is 12.9. The van der Waals surface area contributed by atoms with Crippen LogP contribution in [0.2, 0.25) is 0 Å². The summed E-state index contributed by atoms with van der Waals surface area (Å²) in [5.41, 5.74) is 8.91. The highest BCUT2D eigenvalue weighted by molar-refractivity contribution is 7.18. The number of nitrogens with zero attached hydrogens (tertiary/aromatic N) is 5. The summed E-state index contributed by atoms with van der Waals surface area (Å²) < 4.78 is 40.8. The highest BCUT2D eigenvalue weighted by Gasteiger charge is 2.29. The van der Waals surface area contributed by atoms with Crippen LogP contribution in [0, 0.1) is 24.2 Å². The fraction of sp³-hybridized carbons (Fsp3) is 0.484. The standard InChI is InChI=1S/C29H31F3N6S.C2H5NO/c1-18-20(5-6-26-24(18)11-22(14-33)38(26)15-19-3-2-4-19)16-37-9-7-21(8-10-37)36-27-25-12-23(13-29(30,31)32)39-28(25)35-17-34-27;1-2(3)4/h5-6,11-12,17,19,21H,2-4,7-10,13,15-16H2,1H3,(H,34,35,36);1H3,(H2,3,4). The van der Waals surface area contributed by atoms with Crippen molar-refractivity contribution in [1.82, 2.24) is 19.4 Å². The summed E-state index contributed by atoms with van der Waals surface area (Å²) in [6, 6.07) is 10.6. The molecule has 0 unspecified atom stereocenters. The first-order valence-electron chi connectivity index (χ1n) is 14.6. The van der Waals surface area contributed by atoms with Gasteiger partial charge in [-0.2, -0.15) is 18.4 Å². The molecule has 43 heavy (non-hydrogen) atoms. The number of hydrogen-bond acceptors (Lipinski definition) is 7. The second-order valence-electron chi connectivity index (χ2n) is 11.6. The Morgan fingerprint density at radius 2 is 1.88 bits per heavy atom. The molecule has 1 saturated carbocycles. The van der Waals surface area contributed by atoms with E-state index in [0.717, 1.165) is 61.6 Å². The Kier molecular flexibility index (Phi) is 9.22. The van der Waals surface area contributed by atoms with Crippen molar-refractivity contribution in [2.24, 2.45) is 11.7 Å². The molecule has 4 heterocycles. The minimum absolute atomic E-state index is 0.201. The number of halogens is 3. The summed E-state index contributed by atoms with van der Waals surface area (Å²) in [5, 5.41) is 15.1. The van der Waals surface area contributed by atoms with Gasteiger partial charge < -0.3 is 15.6 Å². The number of carbonyl (C=O) groups excluding carboxylic acids is 1. The number of amides is 1. The topological polar surface area (TPSA) is 113 Å². The second-order valence-corrected chi connectivity index (χ2v) is 12.7. The van der Waals surface area contributed by atoms with Crippen molar-refractivity contribution in [3.8, 4) is 6.07 Å². The van der Waals surface area contributed by atoms with E-state index in [4.69, 9.17) is 0 Å². The molecule has 8 nitrogen and oxygen atoms in total. The van der Waals surface area contributed by atoms with Crippen molar-refractivity contribution in [3.63, 3.8) is 0 Å². The van der Waals surface area contributed by atoms with Crippen LogP contribution in [0.5, 0.6) is 0 Å². The number of alkyl halides is 3. The number of hydrogen-bond donors (Lipinski definition) is 2. The van der Waals surface area contributed by atoms with E-state index in [9.17, 15) is 23.2 Å². The van der Waals surface area contributed by atoms with Crippen LogP contribution in [-0.2, 0) is 24.3 Å². The molecule has 0 atom stereocenters. The van der Waals surface area contributed by atoms with Gasteiger partial charge in [0, 0.05) is 54.9 Å². The molecule has 1 aliphatic carbocycles. The molecule has 1 amide bonds. The maximum absolute atomic E-state index is 12.9. The zero-order chi connectivity index (χ0) is 30.7. The number of nitriles is 1. The highest BCUT2D eigenvalue weighted by Crippen LogP contribution is 2.34. The Balaban J connectivity index is 0.000000868. The molecule has 6 rings (SSSR count). The lowest BCUT2D eigenvalue weighted by Gasteiger charge is -2.33. The van der Waals surface area contributed by atoms with Gasteiger partial charge in [0.2, 0.25) is 5.91 Å². The zero-order valence-electron chi connectivity index (χ0n) is 24.4. The molecule has 0 spiro atoms. The van der Waals surface area contributed by atoms with Crippen LogP contribution in [-0.4, -0.2) is 50.6 Å².